The lowest BCUT2D eigenvalue weighted by molar-refractivity contribution is 0.431. The fraction of sp³-hybridized carbons (Fsp3) is 0.308. The zero-order valence-corrected chi connectivity index (χ0v) is 9.29. The molecule has 1 aromatic carbocycles. The molecule has 2 aromatic rings. The van der Waals surface area contributed by atoms with E-state index in [0.717, 1.165) is 36.5 Å². The van der Waals surface area contributed by atoms with Gasteiger partial charge in [-0.2, -0.15) is 0 Å². The van der Waals surface area contributed by atoms with E-state index in [1.54, 1.807) is 0 Å². The Kier molecular flexibility index (Phi) is 2.17. The molecule has 0 bridgehead atoms. The number of fused-ring (bicyclic) bond motifs is 1. The largest absolute Gasteiger partial charge is 0.354 e. The van der Waals surface area contributed by atoms with E-state index in [1.807, 2.05) is 0 Å². The minimum atomic E-state index is 0.850. The van der Waals surface area contributed by atoms with Crippen molar-refractivity contribution < 1.29 is 4.52 Å². The van der Waals surface area contributed by atoms with E-state index < -0.39 is 0 Å². The average molecular weight is 214 g/mol. The zero-order valence-electron chi connectivity index (χ0n) is 9.29. The number of nitrogens with one attached hydrogen (secondary N) is 1. The molecule has 82 valence electrons. The van der Waals surface area contributed by atoms with Crippen molar-refractivity contribution in [2.75, 3.05) is 11.9 Å². The highest BCUT2D eigenvalue weighted by Gasteiger charge is 2.19. The summed E-state index contributed by atoms with van der Waals surface area (Å²) in [4.78, 5) is 0. The molecule has 16 heavy (non-hydrogen) atoms. The van der Waals surface area contributed by atoms with Gasteiger partial charge in [0.1, 0.15) is 5.69 Å². The lowest BCUT2D eigenvalue weighted by Gasteiger charge is -2.11. The zero-order chi connectivity index (χ0) is 11.0. The molecular formula is C13H14N2O. The van der Waals surface area contributed by atoms with Gasteiger partial charge >= 0.3 is 0 Å². The molecule has 1 aromatic heterocycles. The van der Waals surface area contributed by atoms with Crippen LogP contribution in [0.1, 0.15) is 17.5 Å². The number of aromatic nitrogens is 1. The van der Waals surface area contributed by atoms with E-state index in [4.69, 9.17) is 4.52 Å². The first-order valence-corrected chi connectivity index (χ1v) is 5.64. The van der Waals surface area contributed by atoms with Gasteiger partial charge in [0.25, 0.3) is 0 Å². The summed E-state index contributed by atoms with van der Waals surface area (Å²) in [7, 11) is 0. The van der Waals surface area contributed by atoms with Crippen LogP contribution in [0.3, 0.4) is 0 Å². The maximum absolute atomic E-state index is 5.32. The highest BCUT2D eigenvalue weighted by molar-refractivity contribution is 5.68. The SMILES string of the molecule is Cc1cccc(-c2noc3c2CCCN3)c1. The van der Waals surface area contributed by atoms with Gasteiger partial charge in [-0.3, -0.25) is 0 Å². The summed E-state index contributed by atoms with van der Waals surface area (Å²) in [5.41, 5.74) is 4.61. The second-order valence-corrected chi connectivity index (χ2v) is 4.24. The van der Waals surface area contributed by atoms with Gasteiger partial charge in [0.05, 0.1) is 0 Å². The predicted molar refractivity (Wildman–Crippen MR) is 63.5 cm³/mol. The van der Waals surface area contributed by atoms with Crippen molar-refractivity contribution in [3.63, 3.8) is 0 Å². The number of anilines is 1. The first-order chi connectivity index (χ1) is 7.84. The molecule has 1 aliphatic heterocycles. The van der Waals surface area contributed by atoms with Crippen LogP contribution >= 0.6 is 0 Å². The van der Waals surface area contributed by atoms with Crippen molar-refractivity contribution in [2.45, 2.75) is 19.8 Å². The summed E-state index contributed by atoms with van der Waals surface area (Å²) in [6.45, 7) is 3.07. The van der Waals surface area contributed by atoms with Gasteiger partial charge in [-0.05, 0) is 25.8 Å². The molecule has 0 saturated heterocycles. The van der Waals surface area contributed by atoms with E-state index in [1.165, 1.54) is 11.1 Å². The first kappa shape index (κ1) is 9.46. The summed E-state index contributed by atoms with van der Waals surface area (Å²) in [5, 5.41) is 7.41. The lowest BCUT2D eigenvalue weighted by atomic mass is 10.0. The molecular weight excluding hydrogens is 200 g/mol. The fourth-order valence-electron chi connectivity index (χ4n) is 2.17. The molecule has 1 N–H and O–H groups in total. The van der Waals surface area contributed by atoms with Crippen LogP contribution in [-0.2, 0) is 6.42 Å². The Hall–Kier alpha value is -1.77. The number of aryl methyl sites for hydroxylation is 1. The standard InChI is InChI=1S/C13H14N2O/c1-9-4-2-5-10(8-9)12-11-6-3-7-14-13(11)16-15-12/h2,4-5,8,14H,3,6-7H2,1H3. The van der Waals surface area contributed by atoms with E-state index in [0.29, 0.717) is 0 Å². The van der Waals surface area contributed by atoms with Crippen LogP contribution < -0.4 is 5.32 Å². The molecule has 0 radical (unpaired) electrons. The third-order valence-corrected chi connectivity index (χ3v) is 2.97. The van der Waals surface area contributed by atoms with Crippen molar-refractivity contribution in [1.82, 2.24) is 5.16 Å². The summed E-state index contributed by atoms with van der Waals surface area (Å²) >= 11 is 0. The summed E-state index contributed by atoms with van der Waals surface area (Å²) in [6, 6.07) is 8.38. The number of nitrogens with zero attached hydrogens (tertiary/aromatic N) is 1. The van der Waals surface area contributed by atoms with E-state index in [2.05, 4.69) is 41.7 Å². The highest BCUT2D eigenvalue weighted by Crippen LogP contribution is 2.32. The Balaban J connectivity index is 2.09. The Labute approximate surface area is 94.5 Å². The number of benzene rings is 1. The second-order valence-electron chi connectivity index (χ2n) is 4.24. The number of hydrogen-bond donors (Lipinski definition) is 1. The molecule has 3 nitrogen and oxygen atoms in total. The monoisotopic (exact) mass is 214 g/mol. The van der Waals surface area contributed by atoms with Crippen LogP contribution in [0.2, 0.25) is 0 Å². The molecule has 0 amide bonds. The molecule has 3 heteroatoms. The molecule has 0 saturated carbocycles. The van der Waals surface area contributed by atoms with E-state index in [-0.39, 0.29) is 0 Å². The maximum atomic E-state index is 5.32. The van der Waals surface area contributed by atoms with Gasteiger partial charge in [-0.15, -0.1) is 0 Å². The van der Waals surface area contributed by atoms with Crippen molar-refractivity contribution >= 4 is 5.88 Å². The molecule has 0 fully saturated rings. The van der Waals surface area contributed by atoms with Crippen molar-refractivity contribution in [2.24, 2.45) is 0 Å². The molecule has 0 unspecified atom stereocenters. The second kappa shape index (κ2) is 3.67. The molecule has 1 aliphatic rings. The maximum Gasteiger partial charge on any atom is 0.228 e. The van der Waals surface area contributed by atoms with Crippen LogP contribution in [-0.4, -0.2) is 11.7 Å². The molecule has 0 aliphatic carbocycles. The molecule has 3 rings (SSSR count). The quantitative estimate of drug-likeness (QED) is 0.793. The van der Waals surface area contributed by atoms with E-state index >= 15 is 0 Å². The van der Waals surface area contributed by atoms with Crippen LogP contribution in [0.4, 0.5) is 5.88 Å². The number of hydrogen-bond acceptors (Lipinski definition) is 3. The van der Waals surface area contributed by atoms with Crippen molar-refractivity contribution in [3.8, 4) is 11.3 Å². The average Bonchev–Trinajstić information content (AvgIpc) is 2.72. The van der Waals surface area contributed by atoms with Gasteiger partial charge < -0.3 is 9.84 Å². The van der Waals surface area contributed by atoms with Crippen molar-refractivity contribution in [1.29, 1.82) is 0 Å². The smallest absolute Gasteiger partial charge is 0.228 e. The molecule has 0 atom stereocenters. The fourth-order valence-corrected chi connectivity index (χ4v) is 2.17. The summed E-state index contributed by atoms with van der Waals surface area (Å²) in [5.74, 6) is 0.850. The topological polar surface area (TPSA) is 38.1 Å². The Bertz CT molecular complexity index is 516. The first-order valence-electron chi connectivity index (χ1n) is 5.64. The van der Waals surface area contributed by atoms with Gasteiger partial charge in [0, 0.05) is 17.7 Å². The normalized spacial score (nSPS) is 14.3. The van der Waals surface area contributed by atoms with Gasteiger partial charge in [0.15, 0.2) is 0 Å². The molecule has 0 spiro atoms. The van der Waals surface area contributed by atoms with Gasteiger partial charge in [-0.1, -0.05) is 28.9 Å². The Morgan fingerprint density at radius 2 is 2.31 bits per heavy atom. The minimum Gasteiger partial charge on any atom is -0.354 e. The molecule has 2 heterocycles. The van der Waals surface area contributed by atoms with Crippen molar-refractivity contribution in [3.05, 3.63) is 35.4 Å². The summed E-state index contributed by atoms with van der Waals surface area (Å²) < 4.78 is 5.32. The van der Waals surface area contributed by atoms with Crippen LogP contribution in [0.25, 0.3) is 11.3 Å². The Morgan fingerprint density at radius 3 is 3.19 bits per heavy atom. The Morgan fingerprint density at radius 1 is 1.38 bits per heavy atom. The van der Waals surface area contributed by atoms with Gasteiger partial charge in [0.2, 0.25) is 5.88 Å². The lowest BCUT2D eigenvalue weighted by Crippen LogP contribution is -2.09. The third-order valence-electron chi connectivity index (χ3n) is 2.97. The predicted octanol–water partition coefficient (Wildman–Crippen LogP) is 3.01. The third kappa shape index (κ3) is 1.48. The summed E-state index contributed by atoms with van der Waals surface area (Å²) in [6.07, 6.45) is 2.20. The minimum absolute atomic E-state index is 0.850. The highest BCUT2D eigenvalue weighted by atomic mass is 16.5. The van der Waals surface area contributed by atoms with Crippen LogP contribution in [0.5, 0.6) is 0 Å². The van der Waals surface area contributed by atoms with E-state index in [9.17, 15) is 0 Å². The van der Waals surface area contributed by atoms with Gasteiger partial charge in [-0.25, -0.2) is 0 Å². The van der Waals surface area contributed by atoms with Crippen LogP contribution in [0, 0.1) is 6.92 Å². The van der Waals surface area contributed by atoms with Crippen LogP contribution in [0.15, 0.2) is 28.8 Å². The number of rotatable bonds is 1.